The van der Waals surface area contributed by atoms with Gasteiger partial charge >= 0.3 is 5.97 Å². The van der Waals surface area contributed by atoms with E-state index in [0.717, 1.165) is 47.4 Å². The molecule has 8 heteroatoms. The molecule has 0 saturated carbocycles. The van der Waals surface area contributed by atoms with Crippen LogP contribution in [0.1, 0.15) is 54.9 Å². The summed E-state index contributed by atoms with van der Waals surface area (Å²) in [5.41, 5.74) is 5.41. The van der Waals surface area contributed by atoms with Crippen molar-refractivity contribution in [3.63, 3.8) is 0 Å². The lowest BCUT2D eigenvalue weighted by atomic mass is 9.94. The van der Waals surface area contributed by atoms with Crippen LogP contribution in [0.15, 0.2) is 60.7 Å². The summed E-state index contributed by atoms with van der Waals surface area (Å²) in [4.78, 5) is 17.3. The van der Waals surface area contributed by atoms with Gasteiger partial charge in [0.05, 0.1) is 28.0 Å². The first-order chi connectivity index (χ1) is 17.8. The highest BCUT2D eigenvalue weighted by Gasteiger charge is 2.21. The van der Waals surface area contributed by atoms with Crippen LogP contribution < -0.4 is 5.32 Å². The van der Waals surface area contributed by atoms with E-state index in [1.165, 1.54) is 0 Å². The molecule has 0 unspecified atom stereocenters. The van der Waals surface area contributed by atoms with Gasteiger partial charge in [0.2, 0.25) is 0 Å². The molecule has 0 aliphatic heterocycles. The molecule has 4 rings (SSSR count). The lowest BCUT2D eigenvalue weighted by Gasteiger charge is -2.17. The minimum atomic E-state index is -3.20. The molecule has 0 spiro atoms. The summed E-state index contributed by atoms with van der Waals surface area (Å²) >= 11 is 0. The maximum atomic E-state index is 12.5. The number of anilines is 1. The lowest BCUT2D eigenvalue weighted by molar-refractivity contribution is 0.0697. The number of hydrogen-bond donors (Lipinski definition) is 2. The van der Waals surface area contributed by atoms with Crippen molar-refractivity contribution in [1.29, 1.82) is 0 Å². The van der Waals surface area contributed by atoms with Crippen molar-refractivity contribution in [2.45, 2.75) is 46.5 Å². The number of nitrogens with zero attached hydrogens (tertiary/aromatic N) is 2. The maximum absolute atomic E-state index is 12.5. The Morgan fingerprint density at radius 2 is 1.78 bits per heavy atom. The average Bonchev–Trinajstić information content (AvgIpc) is 3.23. The summed E-state index contributed by atoms with van der Waals surface area (Å²) in [5.74, 6) is -0.149. The molecule has 1 heterocycles. The third-order valence-electron chi connectivity index (χ3n) is 6.47. The van der Waals surface area contributed by atoms with Crippen LogP contribution in [0.5, 0.6) is 0 Å². The third kappa shape index (κ3) is 5.69. The minimum absolute atomic E-state index is 0.131. The van der Waals surface area contributed by atoms with Gasteiger partial charge in [-0.15, -0.1) is 0 Å². The predicted octanol–water partition coefficient (Wildman–Crippen LogP) is 6.24. The summed E-state index contributed by atoms with van der Waals surface area (Å²) in [7, 11) is -3.20. The van der Waals surface area contributed by atoms with Gasteiger partial charge < -0.3 is 10.4 Å². The number of aryl methyl sites for hydroxylation is 1. The van der Waals surface area contributed by atoms with Gasteiger partial charge in [-0.25, -0.2) is 18.2 Å². The van der Waals surface area contributed by atoms with Crippen molar-refractivity contribution in [2.75, 3.05) is 16.9 Å². The molecule has 37 heavy (non-hydrogen) atoms. The van der Waals surface area contributed by atoms with E-state index in [-0.39, 0.29) is 17.2 Å². The molecule has 3 aromatic carbocycles. The van der Waals surface area contributed by atoms with Crippen LogP contribution in [0, 0.1) is 6.92 Å². The molecule has 7 nitrogen and oxygen atoms in total. The molecular formula is C29H33N3O4S. The fourth-order valence-corrected chi connectivity index (χ4v) is 5.81. The standard InChI is InChI=1S/C29H33N3O4S/c1-4-6-12-27-31-24-15-13-22(30-19-37(35,36)17-5-2)18-26(24)32(27)25-16-14-23(21-10-8-7-9-11-21)28(20(25)3)29(33)34/h7-11,13-16,18,30H,4-6,12,17,19H2,1-3H3,(H,33,34). The Labute approximate surface area is 218 Å². The third-order valence-corrected chi connectivity index (χ3v) is 8.08. The number of unbranched alkanes of at least 4 members (excludes halogenated alkanes) is 1. The summed E-state index contributed by atoms with van der Waals surface area (Å²) in [6.45, 7) is 5.80. The number of sulfone groups is 1. The van der Waals surface area contributed by atoms with E-state index in [1.54, 1.807) is 0 Å². The highest BCUT2D eigenvalue weighted by Crippen LogP contribution is 2.33. The lowest BCUT2D eigenvalue weighted by Crippen LogP contribution is -2.17. The van der Waals surface area contributed by atoms with E-state index >= 15 is 0 Å². The van der Waals surface area contributed by atoms with E-state index in [2.05, 4.69) is 12.2 Å². The van der Waals surface area contributed by atoms with Crippen molar-refractivity contribution < 1.29 is 18.3 Å². The molecule has 0 amide bonds. The number of nitrogens with one attached hydrogen (secondary N) is 1. The molecule has 0 radical (unpaired) electrons. The van der Waals surface area contributed by atoms with E-state index in [4.69, 9.17) is 4.98 Å². The van der Waals surface area contributed by atoms with Crippen LogP contribution in [-0.2, 0) is 16.3 Å². The summed E-state index contributed by atoms with van der Waals surface area (Å²) in [5, 5.41) is 13.2. The zero-order chi connectivity index (χ0) is 26.6. The summed E-state index contributed by atoms with van der Waals surface area (Å²) in [6.07, 6.45) is 3.25. The maximum Gasteiger partial charge on any atom is 0.336 e. The Bertz CT molecular complexity index is 1530. The quantitative estimate of drug-likeness (QED) is 0.243. The van der Waals surface area contributed by atoms with E-state index in [0.29, 0.717) is 23.2 Å². The number of hydrogen-bond acceptors (Lipinski definition) is 5. The fourth-order valence-electron chi connectivity index (χ4n) is 4.66. The molecule has 0 fully saturated rings. The van der Waals surface area contributed by atoms with Gasteiger partial charge in [0.15, 0.2) is 9.84 Å². The fraction of sp³-hybridized carbons (Fsp3) is 0.310. The zero-order valence-electron chi connectivity index (χ0n) is 21.5. The number of fused-ring (bicyclic) bond motifs is 1. The Morgan fingerprint density at radius 1 is 1.03 bits per heavy atom. The second-order valence-electron chi connectivity index (χ2n) is 9.24. The molecule has 0 atom stereocenters. The molecule has 0 aliphatic rings. The Kier molecular flexibility index (Phi) is 7.97. The monoisotopic (exact) mass is 519 g/mol. The van der Waals surface area contributed by atoms with E-state index in [9.17, 15) is 18.3 Å². The normalized spacial score (nSPS) is 11.6. The highest BCUT2D eigenvalue weighted by molar-refractivity contribution is 7.91. The number of aromatic carboxylic acids is 1. The SMILES string of the molecule is CCCCc1nc2ccc(NCS(=O)(=O)CCC)cc2n1-c1ccc(-c2ccccc2)c(C(=O)O)c1C. The van der Waals surface area contributed by atoms with Gasteiger partial charge in [0.25, 0.3) is 0 Å². The molecule has 2 N–H and O–H groups in total. The van der Waals surface area contributed by atoms with Crippen LogP contribution >= 0.6 is 0 Å². The Balaban J connectivity index is 1.87. The van der Waals surface area contributed by atoms with Crippen molar-refractivity contribution in [3.8, 4) is 16.8 Å². The van der Waals surface area contributed by atoms with E-state index in [1.807, 2.05) is 79.1 Å². The molecule has 4 aromatic rings. The van der Waals surface area contributed by atoms with Gasteiger partial charge in [-0.1, -0.05) is 56.7 Å². The van der Waals surface area contributed by atoms with Crippen molar-refractivity contribution in [2.24, 2.45) is 0 Å². The Hall–Kier alpha value is -3.65. The molecular weight excluding hydrogens is 486 g/mol. The van der Waals surface area contributed by atoms with Crippen LogP contribution in [0.4, 0.5) is 5.69 Å². The smallest absolute Gasteiger partial charge is 0.336 e. The number of rotatable bonds is 11. The minimum Gasteiger partial charge on any atom is -0.478 e. The van der Waals surface area contributed by atoms with Gasteiger partial charge in [0.1, 0.15) is 11.7 Å². The van der Waals surface area contributed by atoms with Gasteiger partial charge in [-0.3, -0.25) is 4.57 Å². The number of aromatic nitrogens is 2. The number of carboxylic acids is 1. The number of carbonyl (C=O) groups is 1. The molecule has 0 saturated heterocycles. The first-order valence-electron chi connectivity index (χ1n) is 12.6. The molecule has 0 bridgehead atoms. The molecule has 0 aliphatic carbocycles. The van der Waals surface area contributed by atoms with Crippen LogP contribution in [-0.4, -0.2) is 40.7 Å². The number of imidazole rings is 1. The van der Waals surface area contributed by atoms with Gasteiger partial charge in [0, 0.05) is 12.1 Å². The van der Waals surface area contributed by atoms with Gasteiger partial charge in [-0.2, -0.15) is 0 Å². The van der Waals surface area contributed by atoms with Crippen molar-refractivity contribution in [1.82, 2.24) is 9.55 Å². The highest BCUT2D eigenvalue weighted by atomic mass is 32.2. The topological polar surface area (TPSA) is 101 Å². The second-order valence-corrected chi connectivity index (χ2v) is 11.4. The molecule has 194 valence electrons. The summed E-state index contributed by atoms with van der Waals surface area (Å²) in [6, 6.07) is 18.9. The first kappa shape index (κ1) is 26.4. The molecule has 1 aromatic heterocycles. The number of benzene rings is 3. The largest absolute Gasteiger partial charge is 0.478 e. The predicted molar refractivity (Wildman–Crippen MR) is 149 cm³/mol. The Morgan fingerprint density at radius 3 is 2.46 bits per heavy atom. The van der Waals surface area contributed by atoms with Gasteiger partial charge in [-0.05, 0) is 60.7 Å². The average molecular weight is 520 g/mol. The van der Waals surface area contributed by atoms with Crippen LogP contribution in [0.25, 0.3) is 27.8 Å². The first-order valence-corrected chi connectivity index (χ1v) is 14.5. The van der Waals surface area contributed by atoms with E-state index < -0.39 is 15.8 Å². The summed E-state index contributed by atoms with van der Waals surface area (Å²) < 4.78 is 26.5. The second kappa shape index (κ2) is 11.2. The van der Waals surface area contributed by atoms with Crippen molar-refractivity contribution in [3.05, 3.63) is 77.6 Å². The number of carboxylic acid groups (broad SMARTS) is 1. The van der Waals surface area contributed by atoms with Crippen LogP contribution in [0.3, 0.4) is 0 Å². The zero-order valence-corrected chi connectivity index (χ0v) is 22.3. The van der Waals surface area contributed by atoms with Crippen molar-refractivity contribution >= 4 is 32.5 Å². The van der Waals surface area contributed by atoms with Crippen LogP contribution in [0.2, 0.25) is 0 Å².